The largest absolute Gasteiger partial charge is 0.397 e. The number of carbonyl (C=O) groups excluding carboxylic acids is 1. The van der Waals surface area contributed by atoms with Crippen molar-refractivity contribution in [3.8, 4) is 0 Å². The monoisotopic (exact) mass is 880 g/mol. The average Bonchev–Trinajstić information content (AvgIpc) is 3.22. The number of nitrogens with one attached hydrogen (secondary N) is 1. The molecule has 13 heteroatoms. The Morgan fingerprint density at radius 3 is 1.33 bits per heavy atom. The predicted octanol–water partition coefficient (Wildman–Crippen LogP) is 10.2. The Hall–Kier alpha value is -0.900. The van der Waals surface area contributed by atoms with Crippen LogP contribution < -0.4 is 5.32 Å². The van der Waals surface area contributed by atoms with Gasteiger partial charge in [-0.05, 0) is 12.8 Å². The molecule has 1 heterocycles. The number of aliphatic hydroxyl groups is 4. The van der Waals surface area contributed by atoms with Crippen LogP contribution in [0.15, 0.2) is 0 Å². The smallest absolute Gasteiger partial charge is 0.394 e. The topological polar surface area (TPSA) is 192 Å². The maximum absolute atomic E-state index is 13.1. The van der Waals surface area contributed by atoms with Crippen molar-refractivity contribution in [1.82, 2.24) is 5.32 Å². The molecule has 0 aromatic carbocycles. The lowest BCUT2D eigenvalue weighted by atomic mass is 9.99. The van der Waals surface area contributed by atoms with Crippen LogP contribution >= 0.6 is 0 Å². The molecule has 60 heavy (non-hydrogen) atoms. The van der Waals surface area contributed by atoms with Crippen molar-refractivity contribution in [2.24, 2.45) is 0 Å². The van der Waals surface area contributed by atoms with Gasteiger partial charge in [0, 0.05) is 6.42 Å². The molecule has 0 aromatic heterocycles. The Morgan fingerprint density at radius 2 is 0.967 bits per heavy atom. The van der Waals surface area contributed by atoms with Crippen molar-refractivity contribution in [1.29, 1.82) is 0 Å². The molecule has 6 N–H and O–H groups in total. The lowest BCUT2D eigenvalue weighted by Gasteiger charge is -2.41. The van der Waals surface area contributed by atoms with Gasteiger partial charge in [-0.25, -0.2) is 4.18 Å². The van der Waals surface area contributed by atoms with E-state index in [1.54, 1.807) is 0 Å². The molecule has 0 aromatic rings. The van der Waals surface area contributed by atoms with E-state index < -0.39 is 59.9 Å². The molecule has 1 saturated heterocycles. The SMILES string of the molecule is CCCCCCCCCCCCCCCCCCCCCC(=O)NC(COC1OC(CO)C(O)C(OS(=O)(=O)O)C1O)C(O)CCCCCCCCCCCCCCCC. The molecule has 12 nitrogen and oxygen atoms in total. The zero-order chi connectivity index (χ0) is 44.1. The van der Waals surface area contributed by atoms with Gasteiger partial charge in [0.25, 0.3) is 0 Å². The van der Waals surface area contributed by atoms with Crippen molar-refractivity contribution in [3.63, 3.8) is 0 Å². The van der Waals surface area contributed by atoms with E-state index in [9.17, 15) is 38.2 Å². The number of hydrogen-bond acceptors (Lipinski definition) is 10. The minimum absolute atomic E-state index is 0.225. The summed E-state index contributed by atoms with van der Waals surface area (Å²) in [4.78, 5) is 13.1. The maximum atomic E-state index is 13.1. The Kier molecular flexibility index (Phi) is 36.7. The first-order valence-electron chi connectivity index (χ1n) is 24.9. The highest BCUT2D eigenvalue weighted by molar-refractivity contribution is 7.80. The molecule has 7 atom stereocenters. The molecule has 0 bridgehead atoms. The van der Waals surface area contributed by atoms with E-state index in [4.69, 9.17) is 9.47 Å². The van der Waals surface area contributed by atoms with E-state index in [1.807, 2.05) is 0 Å². The molecular weight excluding hydrogens is 787 g/mol. The molecule has 7 unspecified atom stereocenters. The van der Waals surface area contributed by atoms with Crippen LogP contribution in [0, 0.1) is 0 Å². The van der Waals surface area contributed by atoms with Gasteiger partial charge in [0.1, 0.15) is 24.4 Å². The van der Waals surface area contributed by atoms with Crippen LogP contribution in [-0.2, 0) is 28.9 Å². The molecule has 1 rings (SSSR count). The molecule has 358 valence electrons. The molecule has 0 radical (unpaired) electrons. The van der Waals surface area contributed by atoms with Crippen LogP contribution in [0.4, 0.5) is 0 Å². The number of hydrogen-bond donors (Lipinski definition) is 6. The van der Waals surface area contributed by atoms with Crippen LogP contribution in [-0.4, -0.2) is 95.4 Å². The lowest BCUT2D eigenvalue weighted by molar-refractivity contribution is -0.298. The number of carbonyl (C=O) groups is 1. The summed E-state index contributed by atoms with van der Waals surface area (Å²) in [5, 5.41) is 44.9. The number of aliphatic hydroxyl groups excluding tert-OH is 4. The van der Waals surface area contributed by atoms with Gasteiger partial charge in [0.15, 0.2) is 6.29 Å². The summed E-state index contributed by atoms with van der Waals surface area (Å²) < 4.78 is 47.7. The number of amides is 1. The second-order valence-electron chi connectivity index (χ2n) is 17.8. The van der Waals surface area contributed by atoms with Gasteiger partial charge in [-0.3, -0.25) is 9.35 Å². The van der Waals surface area contributed by atoms with Crippen molar-refractivity contribution in [3.05, 3.63) is 0 Å². The third kappa shape index (κ3) is 31.0. The molecule has 1 aliphatic heterocycles. The Labute approximate surface area is 367 Å². The second kappa shape index (κ2) is 38.5. The Balaban J connectivity index is 2.43. The highest BCUT2D eigenvalue weighted by atomic mass is 32.3. The summed E-state index contributed by atoms with van der Waals surface area (Å²) in [6.45, 7) is 3.47. The normalized spacial score (nSPS) is 20.7. The fourth-order valence-electron chi connectivity index (χ4n) is 8.28. The number of unbranched alkanes of at least 4 members (excludes halogenated alkanes) is 31. The highest BCUT2D eigenvalue weighted by Crippen LogP contribution is 2.26. The fourth-order valence-corrected chi connectivity index (χ4v) is 8.79. The van der Waals surface area contributed by atoms with E-state index in [1.165, 1.54) is 161 Å². The van der Waals surface area contributed by atoms with E-state index in [0.29, 0.717) is 12.8 Å². The number of rotatable bonds is 43. The summed E-state index contributed by atoms with van der Waals surface area (Å²) in [5.41, 5.74) is 0. The first-order valence-corrected chi connectivity index (χ1v) is 26.3. The van der Waals surface area contributed by atoms with Crippen molar-refractivity contribution < 1.29 is 51.8 Å². The second-order valence-corrected chi connectivity index (χ2v) is 18.8. The van der Waals surface area contributed by atoms with Crippen LogP contribution in [0.5, 0.6) is 0 Å². The minimum Gasteiger partial charge on any atom is -0.394 e. The van der Waals surface area contributed by atoms with Crippen LogP contribution in [0.25, 0.3) is 0 Å². The minimum atomic E-state index is -5.07. The van der Waals surface area contributed by atoms with E-state index in [-0.39, 0.29) is 12.5 Å². The third-order valence-electron chi connectivity index (χ3n) is 12.2. The molecule has 1 fully saturated rings. The number of ether oxygens (including phenoxy) is 2. The van der Waals surface area contributed by atoms with Crippen molar-refractivity contribution >= 4 is 16.3 Å². The molecule has 0 aliphatic carbocycles. The molecular formula is C47H93NO11S. The molecule has 1 amide bonds. The van der Waals surface area contributed by atoms with Crippen LogP contribution in [0.3, 0.4) is 0 Å². The highest BCUT2D eigenvalue weighted by Gasteiger charge is 2.48. The average molecular weight is 880 g/mol. The van der Waals surface area contributed by atoms with E-state index in [0.717, 1.165) is 51.4 Å². The van der Waals surface area contributed by atoms with E-state index in [2.05, 4.69) is 23.3 Å². The van der Waals surface area contributed by atoms with Gasteiger partial charge in [0.2, 0.25) is 5.91 Å². The summed E-state index contributed by atoms with van der Waals surface area (Å²) in [6, 6.07) is -0.851. The van der Waals surface area contributed by atoms with Gasteiger partial charge < -0.3 is 35.2 Å². The summed E-state index contributed by atoms with van der Waals surface area (Å²) in [5.74, 6) is -0.225. The van der Waals surface area contributed by atoms with E-state index >= 15 is 0 Å². The maximum Gasteiger partial charge on any atom is 0.397 e. The van der Waals surface area contributed by atoms with Gasteiger partial charge in [0.05, 0.1) is 25.4 Å². The molecule has 0 spiro atoms. The zero-order valence-electron chi connectivity index (χ0n) is 38.3. The van der Waals surface area contributed by atoms with Crippen LogP contribution in [0.2, 0.25) is 0 Å². The molecule has 0 saturated carbocycles. The third-order valence-corrected chi connectivity index (χ3v) is 12.6. The van der Waals surface area contributed by atoms with Crippen molar-refractivity contribution in [2.45, 2.75) is 281 Å². The van der Waals surface area contributed by atoms with Crippen LogP contribution in [0.1, 0.15) is 239 Å². The van der Waals surface area contributed by atoms with Gasteiger partial charge >= 0.3 is 10.4 Å². The van der Waals surface area contributed by atoms with Crippen molar-refractivity contribution in [2.75, 3.05) is 13.2 Å². The summed E-state index contributed by atoms with van der Waals surface area (Å²) in [6.07, 6.45) is 32.4. The summed E-state index contributed by atoms with van der Waals surface area (Å²) in [7, 11) is -5.07. The standard InChI is InChI=1S/C47H93NO11S/c1-3-5-7-9-11-13-15-17-19-20-21-22-23-25-27-29-31-33-35-37-43(51)48-40(39-57-47-45(53)46(59-60(54,55)56)44(52)42(38-49)58-47)41(50)36-34-32-30-28-26-24-18-16-14-12-10-8-6-4-2/h40-42,44-47,49-50,52-53H,3-39H2,1-2H3,(H,48,51)(H,54,55,56). The van der Waals surface area contributed by atoms with Gasteiger partial charge in [-0.2, -0.15) is 8.42 Å². The molecule has 1 aliphatic rings. The van der Waals surface area contributed by atoms with Gasteiger partial charge in [-0.1, -0.05) is 219 Å². The summed E-state index contributed by atoms with van der Waals surface area (Å²) >= 11 is 0. The Morgan fingerprint density at radius 1 is 0.600 bits per heavy atom. The first-order chi connectivity index (χ1) is 29.0. The zero-order valence-corrected chi connectivity index (χ0v) is 39.1. The lowest BCUT2D eigenvalue weighted by Crippen LogP contribution is -2.61. The quantitative estimate of drug-likeness (QED) is 0.0252. The van der Waals surface area contributed by atoms with Gasteiger partial charge in [-0.15, -0.1) is 0 Å². The predicted molar refractivity (Wildman–Crippen MR) is 241 cm³/mol. The fraction of sp³-hybridized carbons (Fsp3) is 0.979. The Bertz CT molecular complexity index is 1080. The first kappa shape index (κ1) is 57.1.